The Bertz CT molecular complexity index is 806. The Balaban J connectivity index is 2.13. The highest BCUT2D eigenvalue weighted by molar-refractivity contribution is 6.02. The molecule has 0 bridgehead atoms. The number of aromatic carboxylic acids is 1. The third-order valence-electron chi connectivity index (χ3n) is 3.34. The van der Waals surface area contributed by atoms with Crippen molar-refractivity contribution in [2.45, 2.75) is 0 Å². The summed E-state index contributed by atoms with van der Waals surface area (Å²) in [7, 11) is 3.95. The first-order chi connectivity index (χ1) is 10.1. The number of carboxylic acids is 1. The number of hydrogen-bond acceptors (Lipinski definition) is 4. The molecule has 1 N–H and O–H groups in total. The minimum atomic E-state index is -1.00. The Morgan fingerprint density at radius 2 is 1.86 bits per heavy atom. The molecule has 0 aliphatic heterocycles. The van der Waals surface area contributed by atoms with Crippen molar-refractivity contribution in [1.82, 2.24) is 14.8 Å². The summed E-state index contributed by atoms with van der Waals surface area (Å²) < 4.78 is 1.69. The molecule has 0 aliphatic rings. The summed E-state index contributed by atoms with van der Waals surface area (Å²) in [5.41, 5.74) is 2.77. The Morgan fingerprint density at radius 1 is 1.14 bits per heavy atom. The SMILES string of the molecule is CN(C)c1ccc(-n2ncc3c(C(=O)O)cncc32)cc1. The van der Waals surface area contributed by atoms with E-state index >= 15 is 0 Å². The zero-order valence-electron chi connectivity index (χ0n) is 11.7. The normalized spacial score (nSPS) is 10.8. The molecule has 3 aromatic rings. The Kier molecular flexibility index (Phi) is 3.06. The van der Waals surface area contributed by atoms with Gasteiger partial charge in [-0.25, -0.2) is 9.48 Å². The maximum Gasteiger partial charge on any atom is 0.338 e. The van der Waals surface area contributed by atoms with E-state index in [2.05, 4.69) is 10.1 Å². The molecule has 2 heterocycles. The first kappa shape index (κ1) is 13.1. The van der Waals surface area contributed by atoms with Gasteiger partial charge in [0.15, 0.2) is 0 Å². The van der Waals surface area contributed by atoms with Crippen LogP contribution >= 0.6 is 0 Å². The topological polar surface area (TPSA) is 71.2 Å². The first-order valence-electron chi connectivity index (χ1n) is 6.40. The Morgan fingerprint density at radius 3 is 2.48 bits per heavy atom. The zero-order chi connectivity index (χ0) is 15.0. The molecule has 106 valence electrons. The van der Waals surface area contributed by atoms with Gasteiger partial charge in [0.25, 0.3) is 0 Å². The maximum absolute atomic E-state index is 11.2. The lowest BCUT2D eigenvalue weighted by Crippen LogP contribution is -2.08. The highest BCUT2D eigenvalue weighted by Gasteiger charge is 2.13. The van der Waals surface area contributed by atoms with Crippen LogP contribution in [0.1, 0.15) is 10.4 Å². The summed E-state index contributed by atoms with van der Waals surface area (Å²) in [4.78, 5) is 17.2. The van der Waals surface area contributed by atoms with E-state index in [0.717, 1.165) is 11.4 Å². The summed E-state index contributed by atoms with van der Waals surface area (Å²) in [5, 5.41) is 14.0. The Hall–Kier alpha value is -2.89. The molecular formula is C15H14N4O2. The number of hydrogen-bond donors (Lipinski definition) is 1. The van der Waals surface area contributed by atoms with E-state index < -0.39 is 5.97 Å². The van der Waals surface area contributed by atoms with Gasteiger partial charge in [-0.3, -0.25) is 4.98 Å². The molecule has 6 nitrogen and oxygen atoms in total. The van der Waals surface area contributed by atoms with Gasteiger partial charge in [0.2, 0.25) is 0 Å². The number of pyridine rings is 1. The van der Waals surface area contributed by atoms with Gasteiger partial charge in [0.05, 0.1) is 29.2 Å². The molecule has 3 rings (SSSR count). The second-order valence-electron chi connectivity index (χ2n) is 4.89. The average Bonchev–Trinajstić information content (AvgIpc) is 2.90. The lowest BCUT2D eigenvalue weighted by Gasteiger charge is -2.12. The van der Waals surface area contributed by atoms with Gasteiger partial charge in [0, 0.05) is 31.4 Å². The molecular weight excluding hydrogens is 268 g/mol. The van der Waals surface area contributed by atoms with Gasteiger partial charge in [0.1, 0.15) is 0 Å². The van der Waals surface area contributed by atoms with Crippen molar-refractivity contribution < 1.29 is 9.90 Å². The highest BCUT2D eigenvalue weighted by atomic mass is 16.4. The summed E-state index contributed by atoms with van der Waals surface area (Å²) >= 11 is 0. The van der Waals surface area contributed by atoms with E-state index in [-0.39, 0.29) is 5.56 Å². The molecule has 1 aromatic carbocycles. The molecule has 2 aromatic heterocycles. The second-order valence-corrected chi connectivity index (χ2v) is 4.89. The molecule has 0 radical (unpaired) electrons. The molecule has 0 saturated carbocycles. The third-order valence-corrected chi connectivity index (χ3v) is 3.34. The molecule has 0 amide bonds. The largest absolute Gasteiger partial charge is 0.478 e. The lowest BCUT2D eigenvalue weighted by atomic mass is 10.2. The average molecular weight is 282 g/mol. The van der Waals surface area contributed by atoms with Crippen molar-refractivity contribution in [1.29, 1.82) is 0 Å². The van der Waals surface area contributed by atoms with Crippen LogP contribution in [0.4, 0.5) is 5.69 Å². The van der Waals surface area contributed by atoms with Gasteiger partial charge in [-0.05, 0) is 24.3 Å². The Labute approximate surface area is 121 Å². The van der Waals surface area contributed by atoms with Gasteiger partial charge >= 0.3 is 5.97 Å². The molecule has 6 heteroatoms. The number of fused-ring (bicyclic) bond motifs is 1. The van der Waals surface area contributed by atoms with Crippen molar-refractivity contribution in [3.63, 3.8) is 0 Å². The van der Waals surface area contributed by atoms with Crippen LogP contribution in [0.3, 0.4) is 0 Å². The van der Waals surface area contributed by atoms with E-state index in [1.165, 1.54) is 6.20 Å². The fraction of sp³-hybridized carbons (Fsp3) is 0.133. The summed E-state index contributed by atoms with van der Waals surface area (Å²) in [5.74, 6) is -1.00. The van der Waals surface area contributed by atoms with Gasteiger partial charge in [-0.2, -0.15) is 5.10 Å². The lowest BCUT2D eigenvalue weighted by molar-refractivity contribution is 0.0698. The van der Waals surface area contributed by atoms with E-state index in [1.54, 1.807) is 17.1 Å². The zero-order valence-corrected chi connectivity index (χ0v) is 11.7. The van der Waals surface area contributed by atoms with Crippen LogP contribution < -0.4 is 4.90 Å². The summed E-state index contributed by atoms with van der Waals surface area (Å²) in [6.07, 6.45) is 4.51. The predicted octanol–water partition coefficient (Wildman–Crippen LogP) is 2.18. The quantitative estimate of drug-likeness (QED) is 0.797. The van der Waals surface area contributed by atoms with Crippen LogP contribution in [0.15, 0.2) is 42.9 Å². The van der Waals surface area contributed by atoms with Crippen molar-refractivity contribution in [2.75, 3.05) is 19.0 Å². The van der Waals surface area contributed by atoms with Crippen LogP contribution in [-0.2, 0) is 0 Å². The maximum atomic E-state index is 11.2. The van der Waals surface area contributed by atoms with Crippen LogP contribution in [0.5, 0.6) is 0 Å². The van der Waals surface area contributed by atoms with Crippen molar-refractivity contribution >= 4 is 22.6 Å². The number of aromatic nitrogens is 3. The smallest absolute Gasteiger partial charge is 0.338 e. The van der Waals surface area contributed by atoms with E-state index in [4.69, 9.17) is 0 Å². The number of anilines is 1. The monoisotopic (exact) mass is 282 g/mol. The molecule has 0 atom stereocenters. The van der Waals surface area contributed by atoms with E-state index in [0.29, 0.717) is 10.9 Å². The highest BCUT2D eigenvalue weighted by Crippen LogP contribution is 2.22. The molecule has 0 aliphatic carbocycles. The molecule has 0 spiro atoms. The van der Waals surface area contributed by atoms with Gasteiger partial charge in [-0.1, -0.05) is 0 Å². The van der Waals surface area contributed by atoms with Crippen molar-refractivity contribution in [3.05, 3.63) is 48.4 Å². The molecule has 21 heavy (non-hydrogen) atoms. The number of nitrogens with zero attached hydrogens (tertiary/aromatic N) is 4. The van der Waals surface area contributed by atoms with Gasteiger partial charge in [-0.15, -0.1) is 0 Å². The molecule has 0 unspecified atom stereocenters. The van der Waals surface area contributed by atoms with Gasteiger partial charge < -0.3 is 10.0 Å². The molecule has 0 fully saturated rings. The number of carbonyl (C=O) groups is 1. The number of rotatable bonds is 3. The van der Waals surface area contributed by atoms with Crippen molar-refractivity contribution in [2.24, 2.45) is 0 Å². The minimum Gasteiger partial charge on any atom is -0.478 e. The summed E-state index contributed by atoms with van der Waals surface area (Å²) in [6.45, 7) is 0. The van der Waals surface area contributed by atoms with Crippen LogP contribution in [-0.4, -0.2) is 39.9 Å². The number of carboxylic acid groups (broad SMARTS) is 1. The predicted molar refractivity (Wildman–Crippen MR) is 80.2 cm³/mol. The fourth-order valence-corrected chi connectivity index (χ4v) is 2.21. The van der Waals surface area contributed by atoms with Crippen molar-refractivity contribution in [3.8, 4) is 5.69 Å². The molecule has 0 saturated heterocycles. The standard InChI is InChI=1S/C15H14N4O2/c1-18(2)10-3-5-11(6-4-10)19-14-9-16-7-13(15(20)21)12(14)8-17-19/h3-9H,1-2H3,(H,20,21). The number of benzene rings is 1. The van der Waals surface area contributed by atoms with E-state index in [9.17, 15) is 9.90 Å². The third kappa shape index (κ3) is 2.20. The van der Waals surface area contributed by atoms with Crippen LogP contribution in [0.25, 0.3) is 16.6 Å². The second kappa shape index (κ2) is 4.90. The van der Waals surface area contributed by atoms with E-state index in [1.807, 2.05) is 43.3 Å². The fourth-order valence-electron chi connectivity index (χ4n) is 2.21. The van der Waals surface area contributed by atoms with Crippen LogP contribution in [0, 0.1) is 0 Å². The summed E-state index contributed by atoms with van der Waals surface area (Å²) in [6, 6.07) is 7.85. The minimum absolute atomic E-state index is 0.156. The van der Waals surface area contributed by atoms with Crippen LogP contribution in [0.2, 0.25) is 0 Å². The first-order valence-corrected chi connectivity index (χ1v) is 6.40.